The van der Waals surface area contributed by atoms with Gasteiger partial charge in [0.1, 0.15) is 6.61 Å². The van der Waals surface area contributed by atoms with Crippen molar-refractivity contribution < 1.29 is 19.1 Å². The van der Waals surface area contributed by atoms with Gasteiger partial charge >= 0.3 is 0 Å². The van der Waals surface area contributed by atoms with Gasteiger partial charge in [-0.1, -0.05) is 54.2 Å². The second-order valence-electron chi connectivity index (χ2n) is 4.87. The van der Waals surface area contributed by atoms with Gasteiger partial charge in [-0.2, -0.15) is 0 Å². The van der Waals surface area contributed by atoms with E-state index in [0.717, 1.165) is 22.9 Å². The summed E-state index contributed by atoms with van der Waals surface area (Å²) in [6.07, 6.45) is 4.42. The minimum Gasteiger partial charge on any atom is -0.493 e. The van der Waals surface area contributed by atoms with E-state index in [1.54, 1.807) is 37.6 Å². The quantitative estimate of drug-likeness (QED) is 0.567. The van der Waals surface area contributed by atoms with Crippen LogP contribution in [0.1, 0.15) is 11.1 Å². The van der Waals surface area contributed by atoms with Crippen molar-refractivity contribution in [3.05, 3.63) is 65.7 Å². The first-order chi connectivity index (χ1) is 11.6. The largest absolute Gasteiger partial charge is 0.493 e. The first-order valence-corrected chi connectivity index (χ1v) is 8.51. The standard InChI is InChI=1S/C19H18O4S/c1-22-18-12-14(8-10-16(20)19(21)24-2)9-11-17(18)23-13-15-6-4-3-5-7-15/h3-12H,13H2,1-2H3/b10-8+. The Kier molecular flexibility index (Phi) is 6.63. The molecule has 124 valence electrons. The molecule has 0 amide bonds. The van der Waals surface area contributed by atoms with Crippen molar-refractivity contribution in [2.24, 2.45) is 0 Å². The summed E-state index contributed by atoms with van der Waals surface area (Å²) in [6, 6.07) is 15.2. The Morgan fingerprint density at radius 2 is 1.83 bits per heavy atom. The first-order valence-electron chi connectivity index (χ1n) is 7.29. The third-order valence-electron chi connectivity index (χ3n) is 3.24. The second-order valence-corrected chi connectivity index (χ2v) is 5.65. The number of carbonyl (C=O) groups is 2. The maximum Gasteiger partial charge on any atom is 0.259 e. The molecule has 0 radical (unpaired) electrons. The predicted molar refractivity (Wildman–Crippen MR) is 96.3 cm³/mol. The molecule has 0 aliphatic heterocycles. The number of benzene rings is 2. The van der Waals surface area contributed by atoms with E-state index in [4.69, 9.17) is 9.47 Å². The van der Waals surface area contributed by atoms with Gasteiger partial charge in [0, 0.05) is 0 Å². The maximum absolute atomic E-state index is 11.5. The lowest BCUT2D eigenvalue weighted by atomic mass is 10.1. The molecule has 0 N–H and O–H groups in total. The Morgan fingerprint density at radius 1 is 1.08 bits per heavy atom. The normalized spacial score (nSPS) is 10.6. The molecule has 0 atom stereocenters. The fraction of sp³-hybridized carbons (Fsp3) is 0.158. The molecule has 4 nitrogen and oxygen atoms in total. The zero-order valence-corrected chi connectivity index (χ0v) is 14.3. The molecule has 2 aromatic carbocycles. The van der Waals surface area contributed by atoms with E-state index < -0.39 is 10.9 Å². The van der Waals surface area contributed by atoms with Crippen LogP contribution in [0, 0.1) is 0 Å². The summed E-state index contributed by atoms with van der Waals surface area (Å²) in [5.74, 6) is 0.646. The molecule has 0 aromatic heterocycles. The molecular weight excluding hydrogens is 324 g/mol. The Bertz CT molecular complexity index is 738. The number of hydrogen-bond donors (Lipinski definition) is 0. The SMILES string of the molecule is COc1cc(/C=C/C(=O)C(=O)SC)ccc1OCc1ccccc1. The number of ether oxygens (including phenoxy) is 2. The van der Waals surface area contributed by atoms with E-state index in [-0.39, 0.29) is 0 Å². The van der Waals surface area contributed by atoms with Crippen molar-refractivity contribution in [3.8, 4) is 11.5 Å². The predicted octanol–water partition coefficient (Wildman–Crippen LogP) is 3.75. The number of ketones is 1. The summed E-state index contributed by atoms with van der Waals surface area (Å²) < 4.78 is 11.1. The van der Waals surface area contributed by atoms with Crippen LogP contribution in [0.5, 0.6) is 11.5 Å². The van der Waals surface area contributed by atoms with Crippen molar-refractivity contribution in [1.82, 2.24) is 0 Å². The van der Waals surface area contributed by atoms with Crippen molar-refractivity contribution >= 4 is 28.7 Å². The fourth-order valence-electron chi connectivity index (χ4n) is 1.98. The van der Waals surface area contributed by atoms with Gasteiger partial charge in [0.2, 0.25) is 5.78 Å². The van der Waals surface area contributed by atoms with Crippen molar-refractivity contribution in [2.75, 3.05) is 13.4 Å². The monoisotopic (exact) mass is 342 g/mol. The summed E-state index contributed by atoms with van der Waals surface area (Å²) in [7, 11) is 1.56. The van der Waals surface area contributed by atoms with Gasteiger partial charge < -0.3 is 9.47 Å². The van der Waals surface area contributed by atoms with Gasteiger partial charge in [-0.3, -0.25) is 9.59 Å². The molecule has 0 fully saturated rings. The number of thioether (sulfide) groups is 1. The molecule has 2 rings (SSSR count). The Morgan fingerprint density at radius 3 is 2.50 bits per heavy atom. The molecule has 5 heteroatoms. The highest BCUT2D eigenvalue weighted by molar-refractivity contribution is 8.14. The van der Waals surface area contributed by atoms with E-state index >= 15 is 0 Å². The lowest BCUT2D eigenvalue weighted by molar-refractivity contribution is -0.128. The van der Waals surface area contributed by atoms with Crippen LogP contribution >= 0.6 is 11.8 Å². The van der Waals surface area contributed by atoms with Gasteiger partial charge in [-0.25, -0.2) is 0 Å². The van der Waals surface area contributed by atoms with Crippen LogP contribution in [0.2, 0.25) is 0 Å². The van der Waals surface area contributed by atoms with Crippen molar-refractivity contribution in [1.29, 1.82) is 0 Å². The molecule has 0 saturated carbocycles. The summed E-state index contributed by atoms with van der Waals surface area (Å²) >= 11 is 0.898. The lowest BCUT2D eigenvalue weighted by Crippen LogP contribution is -2.04. The third-order valence-corrected chi connectivity index (χ3v) is 3.81. The van der Waals surface area contributed by atoms with Gasteiger partial charge in [0.15, 0.2) is 11.5 Å². The minimum absolute atomic E-state index is 0.438. The summed E-state index contributed by atoms with van der Waals surface area (Å²) in [6.45, 7) is 0.438. The number of carbonyl (C=O) groups excluding carboxylic acids is 2. The molecule has 0 heterocycles. The highest BCUT2D eigenvalue weighted by Crippen LogP contribution is 2.29. The van der Waals surface area contributed by atoms with Crippen LogP contribution in [0.25, 0.3) is 6.08 Å². The lowest BCUT2D eigenvalue weighted by Gasteiger charge is -2.11. The zero-order valence-electron chi connectivity index (χ0n) is 13.5. The third kappa shape index (κ3) is 4.99. The molecule has 24 heavy (non-hydrogen) atoms. The topological polar surface area (TPSA) is 52.6 Å². The first kappa shape index (κ1) is 17.8. The van der Waals surface area contributed by atoms with Crippen LogP contribution in [0.15, 0.2) is 54.6 Å². The van der Waals surface area contributed by atoms with Crippen LogP contribution in [0.4, 0.5) is 0 Å². The average molecular weight is 342 g/mol. The van der Waals surface area contributed by atoms with Gasteiger partial charge in [0.05, 0.1) is 7.11 Å². The average Bonchev–Trinajstić information content (AvgIpc) is 2.64. The van der Waals surface area contributed by atoms with Crippen molar-refractivity contribution in [3.63, 3.8) is 0 Å². The molecule has 0 saturated heterocycles. The smallest absolute Gasteiger partial charge is 0.259 e. The number of hydrogen-bond acceptors (Lipinski definition) is 5. The van der Waals surface area contributed by atoms with Crippen LogP contribution in [-0.2, 0) is 16.2 Å². The Balaban J connectivity index is 2.08. The van der Waals surface area contributed by atoms with E-state index in [2.05, 4.69) is 0 Å². The van der Waals surface area contributed by atoms with E-state index in [0.29, 0.717) is 18.1 Å². The highest BCUT2D eigenvalue weighted by atomic mass is 32.2. The summed E-state index contributed by atoms with van der Waals surface area (Å²) in [5, 5.41) is -0.485. The molecular formula is C19H18O4S. The van der Waals surface area contributed by atoms with Crippen LogP contribution in [-0.4, -0.2) is 24.3 Å². The minimum atomic E-state index is -0.536. The number of methoxy groups -OCH3 is 1. The Labute approximate surface area is 145 Å². The van der Waals surface area contributed by atoms with Gasteiger partial charge in [-0.05, 0) is 35.6 Å². The van der Waals surface area contributed by atoms with Gasteiger partial charge in [-0.15, -0.1) is 0 Å². The maximum atomic E-state index is 11.5. The number of allylic oxidation sites excluding steroid dienone is 1. The van der Waals surface area contributed by atoms with E-state index in [9.17, 15) is 9.59 Å². The molecule has 0 unspecified atom stereocenters. The summed E-state index contributed by atoms with van der Waals surface area (Å²) in [5.41, 5.74) is 1.81. The van der Waals surface area contributed by atoms with E-state index in [1.807, 2.05) is 30.3 Å². The summed E-state index contributed by atoms with van der Waals surface area (Å²) in [4.78, 5) is 22.8. The fourth-order valence-corrected chi connectivity index (χ4v) is 2.25. The highest BCUT2D eigenvalue weighted by Gasteiger charge is 2.09. The molecule has 0 aliphatic rings. The molecule has 0 aliphatic carbocycles. The van der Waals surface area contributed by atoms with E-state index in [1.165, 1.54) is 6.08 Å². The molecule has 0 bridgehead atoms. The number of rotatable bonds is 7. The van der Waals surface area contributed by atoms with Crippen LogP contribution in [0.3, 0.4) is 0 Å². The Hall–Kier alpha value is -2.53. The van der Waals surface area contributed by atoms with Gasteiger partial charge in [0.25, 0.3) is 5.12 Å². The second kappa shape index (κ2) is 8.93. The van der Waals surface area contributed by atoms with Crippen LogP contribution < -0.4 is 9.47 Å². The molecule has 2 aromatic rings. The zero-order chi connectivity index (χ0) is 17.4. The molecule has 0 spiro atoms. The van der Waals surface area contributed by atoms with Crippen molar-refractivity contribution in [2.45, 2.75) is 6.61 Å².